The highest BCUT2D eigenvalue weighted by molar-refractivity contribution is 5.73. The first kappa shape index (κ1) is 12.4. The molecule has 1 amide bonds. The molecule has 1 unspecified atom stereocenters. The molecule has 0 aromatic heterocycles. The molecule has 0 heterocycles. The summed E-state index contributed by atoms with van der Waals surface area (Å²) >= 11 is 0. The summed E-state index contributed by atoms with van der Waals surface area (Å²) in [5.41, 5.74) is 5.34. The maximum absolute atomic E-state index is 10.4. The van der Waals surface area contributed by atoms with Gasteiger partial charge in [0.25, 0.3) is 0 Å². The third-order valence-corrected chi connectivity index (χ3v) is 2.48. The molecule has 0 aliphatic heterocycles. The van der Waals surface area contributed by atoms with E-state index in [0.717, 1.165) is 6.54 Å². The number of hydrogen-bond acceptors (Lipinski definition) is 2. The van der Waals surface area contributed by atoms with Crippen LogP contribution in [0.1, 0.15) is 34.1 Å². The monoisotopic (exact) mass is 186 g/mol. The fourth-order valence-electron chi connectivity index (χ4n) is 0.836. The highest BCUT2D eigenvalue weighted by Gasteiger charge is 2.18. The summed E-state index contributed by atoms with van der Waals surface area (Å²) in [5.74, 6) is 0.358. The van der Waals surface area contributed by atoms with E-state index in [1.165, 1.54) is 0 Å². The number of hydrogen-bond donors (Lipinski definition) is 2. The maximum atomic E-state index is 10.4. The molecule has 0 spiro atoms. The summed E-state index contributed by atoms with van der Waals surface area (Å²) in [5, 5.41) is 3.22. The Labute approximate surface area is 81.1 Å². The zero-order chi connectivity index (χ0) is 10.5. The summed E-state index contributed by atoms with van der Waals surface area (Å²) in [6.07, 6.45) is 0.427. The minimum atomic E-state index is -0.240. The SMILES string of the molecule is CC(CNCCC(N)=O)C(C)(C)C. The zero-order valence-corrected chi connectivity index (χ0v) is 9.18. The van der Waals surface area contributed by atoms with Crippen molar-refractivity contribution in [2.45, 2.75) is 34.1 Å². The van der Waals surface area contributed by atoms with Gasteiger partial charge in [0.05, 0.1) is 0 Å². The molecule has 0 bridgehead atoms. The molecule has 0 fully saturated rings. The van der Waals surface area contributed by atoms with E-state index in [4.69, 9.17) is 5.73 Å². The summed E-state index contributed by atoms with van der Waals surface area (Å²) < 4.78 is 0. The van der Waals surface area contributed by atoms with Crippen molar-refractivity contribution in [2.24, 2.45) is 17.1 Å². The van der Waals surface area contributed by atoms with Crippen LogP contribution in [0.4, 0.5) is 0 Å². The van der Waals surface area contributed by atoms with Gasteiger partial charge in [-0.3, -0.25) is 4.79 Å². The quantitative estimate of drug-likeness (QED) is 0.632. The summed E-state index contributed by atoms with van der Waals surface area (Å²) in [6, 6.07) is 0. The van der Waals surface area contributed by atoms with Gasteiger partial charge in [-0.05, 0) is 17.9 Å². The molecule has 3 heteroatoms. The molecular formula is C10H22N2O. The number of primary amides is 1. The van der Waals surface area contributed by atoms with Crippen molar-refractivity contribution < 1.29 is 4.79 Å². The van der Waals surface area contributed by atoms with Gasteiger partial charge in [0.1, 0.15) is 0 Å². The van der Waals surface area contributed by atoms with Gasteiger partial charge >= 0.3 is 0 Å². The fourth-order valence-corrected chi connectivity index (χ4v) is 0.836. The molecule has 0 aliphatic rings. The standard InChI is InChI=1S/C10H22N2O/c1-8(10(2,3)4)7-12-6-5-9(11)13/h8,12H,5-7H2,1-4H3,(H2,11,13). The predicted molar refractivity (Wildman–Crippen MR) is 55.3 cm³/mol. The zero-order valence-electron chi connectivity index (χ0n) is 9.18. The normalized spacial score (nSPS) is 14.2. The van der Waals surface area contributed by atoms with Gasteiger partial charge in [-0.1, -0.05) is 27.7 Å². The van der Waals surface area contributed by atoms with Crippen LogP contribution in [-0.4, -0.2) is 19.0 Å². The van der Waals surface area contributed by atoms with E-state index in [1.54, 1.807) is 0 Å². The first-order valence-corrected chi connectivity index (χ1v) is 4.83. The van der Waals surface area contributed by atoms with Gasteiger partial charge in [-0.15, -0.1) is 0 Å². The Hall–Kier alpha value is -0.570. The van der Waals surface area contributed by atoms with Crippen molar-refractivity contribution in [1.82, 2.24) is 5.32 Å². The van der Waals surface area contributed by atoms with Crippen LogP contribution >= 0.6 is 0 Å². The lowest BCUT2D eigenvalue weighted by Gasteiger charge is -2.27. The second kappa shape index (κ2) is 5.22. The highest BCUT2D eigenvalue weighted by atomic mass is 16.1. The van der Waals surface area contributed by atoms with Gasteiger partial charge in [0, 0.05) is 13.0 Å². The third kappa shape index (κ3) is 6.58. The number of nitrogens with one attached hydrogen (secondary N) is 1. The molecule has 1 atom stereocenters. The molecule has 78 valence electrons. The summed E-state index contributed by atoms with van der Waals surface area (Å²) in [6.45, 7) is 10.5. The van der Waals surface area contributed by atoms with Crippen molar-refractivity contribution in [1.29, 1.82) is 0 Å². The average Bonchev–Trinajstić information content (AvgIpc) is 1.95. The second-order valence-corrected chi connectivity index (χ2v) is 4.69. The molecule has 0 saturated carbocycles. The summed E-state index contributed by atoms with van der Waals surface area (Å²) in [7, 11) is 0. The molecule has 0 radical (unpaired) electrons. The van der Waals surface area contributed by atoms with Gasteiger partial charge < -0.3 is 11.1 Å². The number of carbonyl (C=O) groups is 1. The van der Waals surface area contributed by atoms with E-state index in [2.05, 4.69) is 33.0 Å². The lowest BCUT2D eigenvalue weighted by Crippen LogP contribution is -2.31. The molecule has 0 saturated heterocycles. The van der Waals surface area contributed by atoms with E-state index in [0.29, 0.717) is 24.3 Å². The number of rotatable bonds is 5. The van der Waals surface area contributed by atoms with Gasteiger partial charge in [-0.2, -0.15) is 0 Å². The van der Waals surface area contributed by atoms with E-state index in [9.17, 15) is 4.79 Å². The second-order valence-electron chi connectivity index (χ2n) is 4.69. The number of carbonyl (C=O) groups excluding carboxylic acids is 1. The first-order valence-electron chi connectivity index (χ1n) is 4.83. The lowest BCUT2D eigenvalue weighted by atomic mass is 9.82. The Bertz CT molecular complexity index is 161. The van der Waals surface area contributed by atoms with Crippen LogP contribution < -0.4 is 11.1 Å². The van der Waals surface area contributed by atoms with Gasteiger partial charge in [0.15, 0.2) is 0 Å². The van der Waals surface area contributed by atoms with Crippen molar-refractivity contribution in [3.05, 3.63) is 0 Å². The topological polar surface area (TPSA) is 55.1 Å². The Morgan fingerprint density at radius 3 is 2.38 bits per heavy atom. The lowest BCUT2D eigenvalue weighted by molar-refractivity contribution is -0.117. The van der Waals surface area contributed by atoms with E-state index >= 15 is 0 Å². The molecule has 0 aromatic rings. The van der Waals surface area contributed by atoms with Crippen LogP contribution in [0.2, 0.25) is 0 Å². The largest absolute Gasteiger partial charge is 0.370 e. The fraction of sp³-hybridized carbons (Fsp3) is 0.900. The Morgan fingerprint density at radius 1 is 1.46 bits per heavy atom. The number of amides is 1. The highest BCUT2D eigenvalue weighted by Crippen LogP contribution is 2.24. The van der Waals surface area contributed by atoms with Gasteiger partial charge in [-0.25, -0.2) is 0 Å². The molecule has 3 nitrogen and oxygen atoms in total. The van der Waals surface area contributed by atoms with E-state index in [-0.39, 0.29) is 5.91 Å². The van der Waals surface area contributed by atoms with Crippen LogP contribution in [0.25, 0.3) is 0 Å². The Balaban J connectivity index is 3.49. The van der Waals surface area contributed by atoms with E-state index < -0.39 is 0 Å². The van der Waals surface area contributed by atoms with Crippen molar-refractivity contribution in [3.8, 4) is 0 Å². The average molecular weight is 186 g/mol. The molecule has 13 heavy (non-hydrogen) atoms. The molecular weight excluding hydrogens is 164 g/mol. The third-order valence-electron chi connectivity index (χ3n) is 2.48. The molecule has 3 N–H and O–H groups in total. The first-order chi connectivity index (χ1) is 5.84. The molecule has 0 aliphatic carbocycles. The predicted octanol–water partition coefficient (Wildman–Crippen LogP) is 1.13. The van der Waals surface area contributed by atoms with Gasteiger partial charge in [0.2, 0.25) is 5.91 Å². The molecule has 0 rings (SSSR count). The van der Waals surface area contributed by atoms with Crippen molar-refractivity contribution >= 4 is 5.91 Å². The minimum Gasteiger partial charge on any atom is -0.370 e. The molecule has 0 aromatic carbocycles. The maximum Gasteiger partial charge on any atom is 0.218 e. The van der Waals surface area contributed by atoms with Crippen LogP contribution in [0, 0.1) is 11.3 Å². The Morgan fingerprint density at radius 2 is 2.00 bits per heavy atom. The number of nitrogens with two attached hydrogens (primary N) is 1. The Kier molecular flexibility index (Phi) is 4.99. The van der Waals surface area contributed by atoms with Crippen molar-refractivity contribution in [2.75, 3.05) is 13.1 Å². The van der Waals surface area contributed by atoms with Crippen LogP contribution in [0.3, 0.4) is 0 Å². The smallest absolute Gasteiger partial charge is 0.218 e. The minimum absolute atomic E-state index is 0.240. The van der Waals surface area contributed by atoms with E-state index in [1.807, 2.05) is 0 Å². The van der Waals surface area contributed by atoms with Crippen molar-refractivity contribution in [3.63, 3.8) is 0 Å². The van der Waals surface area contributed by atoms with Crippen LogP contribution in [-0.2, 0) is 4.79 Å². The summed E-state index contributed by atoms with van der Waals surface area (Å²) in [4.78, 5) is 10.4. The van der Waals surface area contributed by atoms with Crippen LogP contribution in [0.5, 0.6) is 0 Å². The van der Waals surface area contributed by atoms with Crippen LogP contribution in [0.15, 0.2) is 0 Å².